The van der Waals surface area contributed by atoms with Crippen LogP contribution in [-0.4, -0.2) is 10.1 Å². The van der Waals surface area contributed by atoms with Crippen molar-refractivity contribution >= 4 is 91.6 Å². The Bertz CT molecular complexity index is 2380. The smallest absolute Gasteiger partial charge is 0.196 e. The summed E-state index contributed by atoms with van der Waals surface area (Å²) in [6, 6.07) is 24.4. The lowest BCUT2D eigenvalue weighted by Crippen LogP contribution is -2.13. The second kappa shape index (κ2) is 6.65. The van der Waals surface area contributed by atoms with Gasteiger partial charge in [0.05, 0.1) is 16.4 Å². The summed E-state index contributed by atoms with van der Waals surface area (Å²) in [7, 11) is 0. The maximum atomic E-state index is 13.6. The van der Waals surface area contributed by atoms with Crippen LogP contribution in [0.25, 0.3) is 75.7 Å². The molecule has 0 aliphatic heterocycles. The minimum absolute atomic E-state index is 0.156. The summed E-state index contributed by atoms with van der Waals surface area (Å²) in [6.45, 7) is 0. The lowest BCUT2D eigenvalue weighted by atomic mass is 9.90. The molecule has 0 aliphatic rings. The molecule has 168 valence electrons. The first-order valence-electron chi connectivity index (χ1n) is 11.6. The van der Waals surface area contributed by atoms with E-state index in [2.05, 4.69) is 15.9 Å². The van der Waals surface area contributed by atoms with Crippen LogP contribution in [0.3, 0.4) is 0 Å². The van der Waals surface area contributed by atoms with Crippen molar-refractivity contribution in [2.45, 2.75) is 0 Å². The first-order chi connectivity index (χ1) is 17.5. The molecule has 0 spiro atoms. The number of halogens is 1. The van der Waals surface area contributed by atoms with E-state index >= 15 is 0 Å². The predicted octanol–water partition coefficient (Wildman–Crippen LogP) is 7.22. The van der Waals surface area contributed by atoms with Gasteiger partial charge in [-0.05, 0) is 46.5 Å². The van der Waals surface area contributed by atoms with Crippen LogP contribution in [0.1, 0.15) is 0 Å². The van der Waals surface area contributed by atoms with Gasteiger partial charge in [0.15, 0.2) is 10.9 Å². The summed E-state index contributed by atoms with van der Waals surface area (Å²) >= 11 is 3.51. The van der Waals surface area contributed by atoms with E-state index in [1.165, 1.54) is 0 Å². The summed E-state index contributed by atoms with van der Waals surface area (Å²) < 4.78 is 0.899. The van der Waals surface area contributed by atoms with Crippen molar-refractivity contribution in [1.82, 2.24) is 4.98 Å². The Morgan fingerprint density at radius 1 is 0.556 bits per heavy atom. The quantitative estimate of drug-likeness (QED) is 0.167. The number of hydrogen-bond donors (Lipinski definition) is 1. The number of phenolic OH excluding ortho intramolecular Hbond substituents is 1. The van der Waals surface area contributed by atoms with Crippen LogP contribution in [0.4, 0.5) is 0 Å². The Labute approximate surface area is 210 Å². The van der Waals surface area contributed by atoms with Gasteiger partial charge in [0.1, 0.15) is 5.75 Å². The molecule has 0 amide bonds. The summed E-state index contributed by atoms with van der Waals surface area (Å²) in [5, 5.41) is 20.0. The lowest BCUT2D eigenvalue weighted by Gasteiger charge is -2.16. The van der Waals surface area contributed by atoms with Crippen molar-refractivity contribution in [2.75, 3.05) is 0 Å². The monoisotopic (exact) mass is 527 g/mol. The number of aromatic nitrogens is 1. The Hall–Kier alpha value is -4.35. The topological polar surface area (TPSA) is 67.3 Å². The fourth-order valence-electron chi connectivity index (χ4n) is 5.93. The molecule has 0 radical (unpaired) electrons. The van der Waals surface area contributed by atoms with E-state index in [1.807, 2.05) is 48.5 Å². The van der Waals surface area contributed by atoms with Crippen LogP contribution in [0.15, 0.2) is 92.9 Å². The maximum absolute atomic E-state index is 13.6. The highest BCUT2D eigenvalue weighted by Gasteiger charge is 2.20. The first-order valence-corrected chi connectivity index (χ1v) is 12.4. The number of hydrogen-bond acceptors (Lipinski definition) is 4. The van der Waals surface area contributed by atoms with Crippen molar-refractivity contribution in [3.63, 3.8) is 0 Å². The van der Waals surface area contributed by atoms with Crippen LogP contribution >= 0.6 is 15.9 Å². The van der Waals surface area contributed by atoms with Crippen molar-refractivity contribution in [1.29, 1.82) is 0 Å². The normalized spacial score (nSPS) is 12.4. The molecule has 0 fully saturated rings. The fourth-order valence-corrected chi connectivity index (χ4v) is 6.29. The standard InChI is InChI=1S/C31H14BrNO3/c32-14-5-6-15-16-11-12-24-26-17(7-9-21(25(16)26)30(35)23(15)13-14)18-8-10-22-27(28(18)33-24)31(36)20-4-2-1-3-19(20)29(22)34/h1-13,35H. The summed E-state index contributed by atoms with van der Waals surface area (Å²) in [5.74, 6) is 0.233. The molecule has 7 aromatic carbocycles. The number of aromatic hydroxyl groups is 1. The molecule has 36 heavy (non-hydrogen) atoms. The molecule has 8 aromatic rings. The second-order valence-electron chi connectivity index (χ2n) is 9.28. The number of rotatable bonds is 0. The lowest BCUT2D eigenvalue weighted by molar-refractivity contribution is 0.488. The molecule has 0 aliphatic carbocycles. The number of fused-ring (bicyclic) bond motifs is 7. The van der Waals surface area contributed by atoms with Gasteiger partial charge in [-0.3, -0.25) is 9.59 Å². The minimum Gasteiger partial charge on any atom is -0.507 e. The van der Waals surface area contributed by atoms with Gasteiger partial charge in [0.25, 0.3) is 0 Å². The fraction of sp³-hybridized carbons (Fsp3) is 0. The van der Waals surface area contributed by atoms with Crippen LogP contribution in [-0.2, 0) is 0 Å². The van der Waals surface area contributed by atoms with E-state index in [9.17, 15) is 14.7 Å². The number of phenols is 1. The van der Waals surface area contributed by atoms with Gasteiger partial charge in [-0.2, -0.15) is 0 Å². The van der Waals surface area contributed by atoms with Crippen LogP contribution in [0.2, 0.25) is 0 Å². The van der Waals surface area contributed by atoms with E-state index in [-0.39, 0.29) is 16.6 Å². The molecular formula is C31H14BrNO3. The van der Waals surface area contributed by atoms with Gasteiger partial charge in [0.2, 0.25) is 0 Å². The zero-order valence-electron chi connectivity index (χ0n) is 18.6. The second-order valence-corrected chi connectivity index (χ2v) is 10.2. The Morgan fingerprint density at radius 2 is 1.19 bits per heavy atom. The number of benzene rings is 7. The first kappa shape index (κ1) is 19.9. The average Bonchev–Trinajstić information content (AvgIpc) is 2.91. The Balaban J connectivity index is 1.64. The third-order valence-corrected chi connectivity index (χ3v) is 8.00. The van der Waals surface area contributed by atoms with Gasteiger partial charge in [-0.25, -0.2) is 4.98 Å². The molecule has 0 unspecified atom stereocenters. The predicted molar refractivity (Wildman–Crippen MR) is 151 cm³/mol. The zero-order valence-corrected chi connectivity index (χ0v) is 20.2. The highest BCUT2D eigenvalue weighted by molar-refractivity contribution is 9.10. The van der Waals surface area contributed by atoms with Crippen LogP contribution in [0, 0.1) is 0 Å². The molecule has 0 saturated heterocycles. The molecule has 1 heterocycles. The van der Waals surface area contributed by atoms with Crippen LogP contribution < -0.4 is 10.9 Å². The zero-order chi connectivity index (χ0) is 24.3. The van der Waals surface area contributed by atoms with Gasteiger partial charge >= 0.3 is 0 Å². The van der Waals surface area contributed by atoms with Gasteiger partial charge < -0.3 is 5.11 Å². The molecule has 4 nitrogen and oxygen atoms in total. The van der Waals surface area contributed by atoms with Crippen molar-refractivity contribution in [3.8, 4) is 5.75 Å². The molecule has 1 aromatic heterocycles. The van der Waals surface area contributed by atoms with E-state index in [0.29, 0.717) is 27.1 Å². The van der Waals surface area contributed by atoms with E-state index in [1.54, 1.807) is 30.3 Å². The minimum atomic E-state index is -0.180. The third-order valence-electron chi connectivity index (χ3n) is 7.51. The van der Waals surface area contributed by atoms with Crippen molar-refractivity contribution in [2.24, 2.45) is 0 Å². The highest BCUT2D eigenvalue weighted by atomic mass is 79.9. The molecular weight excluding hydrogens is 514 g/mol. The summed E-state index contributed by atoms with van der Waals surface area (Å²) in [4.78, 5) is 31.8. The summed E-state index contributed by atoms with van der Waals surface area (Å²) in [5.41, 5.74) is 0.917. The molecule has 8 rings (SSSR count). The average molecular weight is 528 g/mol. The molecule has 5 heteroatoms. The van der Waals surface area contributed by atoms with E-state index in [4.69, 9.17) is 4.98 Å². The Morgan fingerprint density at radius 3 is 2.03 bits per heavy atom. The molecule has 1 N–H and O–H groups in total. The van der Waals surface area contributed by atoms with Crippen molar-refractivity contribution in [3.05, 3.63) is 104 Å². The third kappa shape index (κ3) is 2.31. The molecule has 0 bridgehead atoms. The number of nitrogens with zero attached hydrogens (tertiary/aromatic N) is 1. The van der Waals surface area contributed by atoms with Gasteiger partial charge in [-0.1, -0.05) is 64.5 Å². The van der Waals surface area contributed by atoms with Crippen LogP contribution in [0.5, 0.6) is 5.75 Å². The van der Waals surface area contributed by atoms with Gasteiger partial charge in [-0.15, -0.1) is 0 Å². The summed E-state index contributed by atoms with van der Waals surface area (Å²) in [6.07, 6.45) is 0. The molecule has 0 atom stereocenters. The SMILES string of the molecule is O=c1c2ccccc2c(=O)c2c1ccc1c3ccc4c(O)c5cc(Br)ccc5c5ccc(nc12)c3c45. The number of pyridine rings is 1. The van der Waals surface area contributed by atoms with E-state index in [0.717, 1.165) is 53.1 Å². The molecule has 0 saturated carbocycles. The van der Waals surface area contributed by atoms with Gasteiger partial charge in [0, 0.05) is 47.6 Å². The maximum Gasteiger partial charge on any atom is 0.196 e. The largest absolute Gasteiger partial charge is 0.507 e. The highest BCUT2D eigenvalue weighted by Crippen LogP contribution is 2.45. The van der Waals surface area contributed by atoms with Crippen molar-refractivity contribution < 1.29 is 5.11 Å². The van der Waals surface area contributed by atoms with E-state index < -0.39 is 0 Å². The Kier molecular flexibility index (Phi) is 3.68.